The first-order chi connectivity index (χ1) is 19.0. The number of aryl methyl sites for hydroxylation is 1. The molecular weight excluding hydrogens is 525 g/mol. The van der Waals surface area contributed by atoms with Gasteiger partial charge in [0.05, 0.1) is 10.5 Å². The Morgan fingerprint density at radius 3 is 2.49 bits per heavy atom. The van der Waals surface area contributed by atoms with Crippen molar-refractivity contribution >= 4 is 51.7 Å². The second-order valence-electron chi connectivity index (χ2n) is 11.0. The van der Waals surface area contributed by atoms with Crippen LogP contribution in [0.15, 0.2) is 58.4 Å². The topological polar surface area (TPSA) is 57.9 Å². The number of pyridine rings is 1. The molecular formula is C31H34N4O2S2. The summed E-state index contributed by atoms with van der Waals surface area (Å²) in [7, 11) is 0. The number of thiocarbonyl (C=S) groups is 1. The van der Waals surface area contributed by atoms with Gasteiger partial charge in [0.15, 0.2) is 0 Å². The fraction of sp³-hybridized carbons (Fsp3) is 0.419. The van der Waals surface area contributed by atoms with Crippen LogP contribution >= 0.6 is 24.0 Å². The average molecular weight is 559 g/mol. The van der Waals surface area contributed by atoms with Crippen LogP contribution < -0.4 is 10.5 Å². The predicted molar refractivity (Wildman–Crippen MR) is 163 cm³/mol. The number of hydrogen-bond acceptors (Lipinski definition) is 6. The number of rotatable bonds is 5. The van der Waals surface area contributed by atoms with Gasteiger partial charge < -0.3 is 4.90 Å². The first-order valence-corrected chi connectivity index (χ1v) is 15.3. The summed E-state index contributed by atoms with van der Waals surface area (Å²) in [4.78, 5) is 37.1. The van der Waals surface area contributed by atoms with Gasteiger partial charge in [-0.05, 0) is 68.2 Å². The molecule has 2 saturated heterocycles. The van der Waals surface area contributed by atoms with E-state index in [1.807, 2.05) is 19.1 Å². The van der Waals surface area contributed by atoms with Crippen molar-refractivity contribution in [3.8, 4) is 0 Å². The highest BCUT2D eigenvalue weighted by molar-refractivity contribution is 8.26. The van der Waals surface area contributed by atoms with Gasteiger partial charge in [0.25, 0.3) is 11.5 Å². The molecule has 6 nitrogen and oxygen atoms in total. The Labute approximate surface area is 239 Å². The van der Waals surface area contributed by atoms with Gasteiger partial charge in [-0.3, -0.25) is 18.9 Å². The van der Waals surface area contributed by atoms with E-state index in [0.717, 1.165) is 63.6 Å². The quantitative estimate of drug-likeness (QED) is 0.283. The van der Waals surface area contributed by atoms with E-state index < -0.39 is 0 Å². The summed E-state index contributed by atoms with van der Waals surface area (Å²) >= 11 is 6.98. The van der Waals surface area contributed by atoms with Crippen molar-refractivity contribution < 1.29 is 4.79 Å². The zero-order valence-electron chi connectivity index (χ0n) is 22.3. The molecule has 0 spiro atoms. The van der Waals surface area contributed by atoms with Crippen molar-refractivity contribution in [1.29, 1.82) is 0 Å². The molecule has 202 valence electrons. The number of piperidine rings is 1. The lowest BCUT2D eigenvalue weighted by molar-refractivity contribution is -0.124. The Kier molecular flexibility index (Phi) is 7.58. The molecule has 2 aliphatic heterocycles. The lowest BCUT2D eigenvalue weighted by Crippen LogP contribution is -2.39. The fourth-order valence-electron chi connectivity index (χ4n) is 6.23. The van der Waals surface area contributed by atoms with Crippen LogP contribution in [0.25, 0.3) is 11.7 Å². The van der Waals surface area contributed by atoms with Gasteiger partial charge in [0.1, 0.15) is 15.8 Å². The molecule has 1 aliphatic carbocycles. The predicted octanol–water partition coefficient (Wildman–Crippen LogP) is 6.00. The molecule has 0 radical (unpaired) electrons. The highest BCUT2D eigenvalue weighted by Crippen LogP contribution is 2.38. The Hall–Kier alpha value is -2.97. The first-order valence-electron chi connectivity index (χ1n) is 14.1. The highest BCUT2D eigenvalue weighted by atomic mass is 32.2. The van der Waals surface area contributed by atoms with Crippen LogP contribution in [0.4, 0.5) is 5.82 Å². The van der Waals surface area contributed by atoms with Gasteiger partial charge in [-0.25, -0.2) is 4.98 Å². The molecule has 1 amide bonds. The average Bonchev–Trinajstić information content (AvgIpc) is 3.24. The molecule has 4 heterocycles. The summed E-state index contributed by atoms with van der Waals surface area (Å²) in [6, 6.07) is 14.7. The molecule has 1 saturated carbocycles. The number of thioether (sulfide) groups is 1. The smallest absolute Gasteiger partial charge is 0.267 e. The summed E-state index contributed by atoms with van der Waals surface area (Å²) in [6.07, 6.45) is 12.1. The van der Waals surface area contributed by atoms with Gasteiger partial charge in [0.2, 0.25) is 0 Å². The summed E-state index contributed by atoms with van der Waals surface area (Å²) < 4.78 is 2.21. The summed E-state index contributed by atoms with van der Waals surface area (Å²) in [5.74, 6) is 1.20. The maximum Gasteiger partial charge on any atom is 0.267 e. The van der Waals surface area contributed by atoms with Crippen LogP contribution in [0.2, 0.25) is 0 Å². The number of benzene rings is 1. The van der Waals surface area contributed by atoms with E-state index in [2.05, 4.69) is 35.2 Å². The third-order valence-corrected chi connectivity index (χ3v) is 9.71. The lowest BCUT2D eigenvalue weighted by Gasteiger charge is -2.33. The third kappa shape index (κ3) is 5.29. The molecule has 3 fully saturated rings. The fourth-order valence-corrected chi connectivity index (χ4v) is 7.61. The SMILES string of the molecule is Cc1cccn2c(=O)c(C=C3SC(=S)N(C4CCCCC4)C3=O)c(N3CCC(Cc4ccccc4)CC3)nc12. The minimum absolute atomic E-state index is 0.0711. The van der Waals surface area contributed by atoms with Gasteiger partial charge in [-0.15, -0.1) is 0 Å². The number of carbonyl (C=O) groups excluding carboxylic acids is 1. The van der Waals surface area contributed by atoms with Crippen LogP contribution in [0.5, 0.6) is 0 Å². The number of amides is 1. The van der Waals surface area contributed by atoms with Gasteiger partial charge in [0, 0.05) is 25.3 Å². The zero-order valence-corrected chi connectivity index (χ0v) is 24.0. The van der Waals surface area contributed by atoms with E-state index in [1.165, 1.54) is 23.7 Å². The molecule has 1 aromatic carbocycles. The van der Waals surface area contributed by atoms with Gasteiger partial charge in [-0.2, -0.15) is 0 Å². The highest BCUT2D eigenvalue weighted by Gasteiger charge is 2.38. The second kappa shape index (κ2) is 11.3. The van der Waals surface area contributed by atoms with Crippen molar-refractivity contribution in [2.45, 2.75) is 64.3 Å². The number of fused-ring (bicyclic) bond motifs is 1. The maximum absolute atomic E-state index is 13.9. The molecule has 0 atom stereocenters. The standard InChI is InChI=1S/C31H34N4O2S2/c1-21-9-8-16-34-27(21)32-28(33-17-14-23(15-18-33)19-22-10-4-2-5-11-22)25(29(34)36)20-26-30(37)35(31(38)39-26)24-12-6-3-7-13-24/h2,4-5,8-11,16,20,23-24H,3,6-7,12-15,17-19H2,1H3. The molecule has 8 heteroatoms. The number of nitrogens with zero attached hydrogens (tertiary/aromatic N) is 4. The largest absolute Gasteiger partial charge is 0.356 e. The van der Waals surface area contributed by atoms with Crippen molar-refractivity contribution in [2.24, 2.45) is 5.92 Å². The van der Waals surface area contributed by atoms with Gasteiger partial charge >= 0.3 is 0 Å². The first kappa shape index (κ1) is 26.3. The Balaban J connectivity index is 1.33. The zero-order chi connectivity index (χ0) is 26.9. The number of aromatic nitrogens is 2. The van der Waals surface area contributed by atoms with Crippen LogP contribution in [-0.4, -0.2) is 43.6 Å². The third-order valence-electron chi connectivity index (χ3n) is 8.38. The van der Waals surface area contributed by atoms with Crippen molar-refractivity contribution in [3.63, 3.8) is 0 Å². The van der Waals surface area contributed by atoms with Crippen molar-refractivity contribution in [2.75, 3.05) is 18.0 Å². The summed E-state index contributed by atoms with van der Waals surface area (Å²) in [6.45, 7) is 3.64. The van der Waals surface area contributed by atoms with E-state index in [1.54, 1.807) is 21.6 Å². The Morgan fingerprint density at radius 2 is 1.74 bits per heavy atom. The monoisotopic (exact) mass is 558 g/mol. The van der Waals surface area contributed by atoms with Crippen LogP contribution in [0.1, 0.15) is 61.6 Å². The summed E-state index contributed by atoms with van der Waals surface area (Å²) in [5.41, 5.74) is 3.31. The van der Waals surface area contributed by atoms with E-state index >= 15 is 0 Å². The molecule has 0 bridgehead atoms. The normalized spacial score (nSPS) is 20.5. The van der Waals surface area contributed by atoms with Crippen LogP contribution in [0, 0.1) is 12.8 Å². The Bertz CT molecular complexity index is 1490. The molecule has 6 rings (SSSR count). The second-order valence-corrected chi connectivity index (χ2v) is 12.7. The molecule has 39 heavy (non-hydrogen) atoms. The van der Waals surface area contributed by atoms with Crippen LogP contribution in [-0.2, 0) is 11.2 Å². The van der Waals surface area contributed by atoms with E-state index in [4.69, 9.17) is 17.2 Å². The number of hydrogen-bond donors (Lipinski definition) is 0. The van der Waals surface area contributed by atoms with E-state index in [0.29, 0.717) is 32.2 Å². The van der Waals surface area contributed by atoms with Gasteiger partial charge in [-0.1, -0.05) is 79.6 Å². The van der Waals surface area contributed by atoms with Crippen molar-refractivity contribution in [3.05, 3.63) is 80.6 Å². The molecule has 0 N–H and O–H groups in total. The molecule has 2 aromatic heterocycles. The minimum atomic E-state index is -0.145. The minimum Gasteiger partial charge on any atom is -0.356 e. The van der Waals surface area contributed by atoms with E-state index in [-0.39, 0.29) is 17.5 Å². The van der Waals surface area contributed by atoms with Crippen molar-refractivity contribution in [1.82, 2.24) is 14.3 Å². The molecule has 0 unspecified atom stereocenters. The summed E-state index contributed by atoms with van der Waals surface area (Å²) in [5, 5.41) is 0. The molecule has 3 aromatic rings. The Morgan fingerprint density at radius 1 is 1.00 bits per heavy atom. The lowest BCUT2D eigenvalue weighted by atomic mass is 9.90. The molecule has 3 aliphatic rings. The van der Waals surface area contributed by atoms with Crippen LogP contribution in [0.3, 0.4) is 0 Å². The number of carbonyl (C=O) groups is 1. The van der Waals surface area contributed by atoms with E-state index in [9.17, 15) is 9.59 Å². The number of anilines is 1. The maximum atomic E-state index is 13.9.